The normalized spacial score (nSPS) is 10.9. The number of hydrogen-bond donors (Lipinski definition) is 3. The van der Waals surface area contributed by atoms with Gasteiger partial charge in [-0.15, -0.1) is 12.6 Å². The number of nitrogens with one attached hydrogen (secondary N) is 1. The van der Waals surface area contributed by atoms with E-state index in [2.05, 4.69) is 17.9 Å². The predicted molar refractivity (Wildman–Crippen MR) is 130 cm³/mol. The lowest BCUT2D eigenvalue weighted by atomic mass is 10.0. The number of thiol groups is 1. The summed E-state index contributed by atoms with van der Waals surface area (Å²) in [6.45, 7) is 0.969. The Morgan fingerprint density at radius 2 is 0.893 bits per heavy atom. The zero-order valence-corrected chi connectivity index (χ0v) is 19.8. The highest BCUT2D eigenvalue weighted by molar-refractivity contribution is 8.11. The van der Waals surface area contributed by atoms with Crippen molar-refractivity contribution in [1.82, 2.24) is 5.32 Å². The van der Waals surface area contributed by atoms with Crippen molar-refractivity contribution in [3.8, 4) is 0 Å². The average molecular weight is 432 g/mol. The number of carboxylic acid groups (broad SMARTS) is 1. The van der Waals surface area contributed by atoms with Crippen LogP contribution in [0.4, 0.5) is 0 Å². The van der Waals surface area contributed by atoms with Gasteiger partial charge in [-0.05, 0) is 12.8 Å². The van der Waals surface area contributed by atoms with Gasteiger partial charge in [-0.1, -0.05) is 121 Å². The SMILES string of the molecule is O=C(O)CCCCCCCCCCCCCCCCCCCCCNC(=S)S. The molecule has 28 heavy (non-hydrogen) atoms. The van der Waals surface area contributed by atoms with Crippen molar-refractivity contribution in [1.29, 1.82) is 0 Å². The predicted octanol–water partition coefficient (Wildman–Crippen LogP) is 7.68. The highest BCUT2D eigenvalue weighted by atomic mass is 32.1. The molecule has 0 bridgehead atoms. The summed E-state index contributed by atoms with van der Waals surface area (Å²) in [4.78, 5) is 10.4. The summed E-state index contributed by atoms with van der Waals surface area (Å²) in [5.74, 6) is -0.657. The van der Waals surface area contributed by atoms with E-state index in [-0.39, 0.29) is 0 Å². The second-order valence-electron chi connectivity index (χ2n) is 8.09. The number of aliphatic carboxylic acids is 1. The van der Waals surface area contributed by atoms with Gasteiger partial charge in [-0.25, -0.2) is 0 Å². The Bertz CT molecular complexity index is 331. The van der Waals surface area contributed by atoms with Gasteiger partial charge in [0.15, 0.2) is 0 Å². The summed E-state index contributed by atoms with van der Waals surface area (Å²) in [6, 6.07) is 0. The molecule has 0 aliphatic rings. The standard InChI is InChI=1S/C23H45NO2S2/c25-22(26)20-18-16-14-12-10-8-6-4-2-1-3-5-7-9-11-13-15-17-19-21-24-23(27)28/h1-21H2,(H,25,26)(H2,24,27,28). The maximum absolute atomic E-state index is 10.4. The minimum Gasteiger partial charge on any atom is -0.481 e. The molecule has 0 aromatic heterocycles. The molecule has 3 nitrogen and oxygen atoms in total. The Hall–Kier alpha value is -0.290. The molecule has 0 radical (unpaired) electrons. The Balaban J connectivity index is 3.01. The fourth-order valence-corrected chi connectivity index (χ4v) is 3.82. The van der Waals surface area contributed by atoms with Gasteiger partial charge in [0, 0.05) is 13.0 Å². The van der Waals surface area contributed by atoms with Crippen molar-refractivity contribution in [2.45, 2.75) is 128 Å². The topological polar surface area (TPSA) is 49.3 Å². The fourth-order valence-electron chi connectivity index (χ4n) is 3.60. The van der Waals surface area contributed by atoms with Crippen LogP contribution in [0.1, 0.15) is 128 Å². The highest BCUT2D eigenvalue weighted by Crippen LogP contribution is 2.14. The summed E-state index contributed by atoms with van der Waals surface area (Å²) in [6.07, 6.45) is 25.3. The molecule has 166 valence electrons. The first-order chi connectivity index (χ1) is 13.6. The molecule has 0 heterocycles. The lowest BCUT2D eigenvalue weighted by molar-refractivity contribution is -0.137. The first kappa shape index (κ1) is 27.7. The van der Waals surface area contributed by atoms with Crippen molar-refractivity contribution < 1.29 is 9.90 Å². The summed E-state index contributed by atoms with van der Waals surface area (Å²) in [5, 5.41) is 11.7. The molecular weight excluding hydrogens is 386 g/mol. The average Bonchev–Trinajstić information content (AvgIpc) is 2.65. The Morgan fingerprint density at radius 3 is 1.18 bits per heavy atom. The molecule has 0 aromatic carbocycles. The minimum absolute atomic E-state index is 0.338. The molecule has 5 heteroatoms. The van der Waals surface area contributed by atoms with Crippen molar-refractivity contribution in [3.63, 3.8) is 0 Å². The number of rotatable bonds is 22. The van der Waals surface area contributed by atoms with E-state index in [0.29, 0.717) is 10.7 Å². The first-order valence-corrected chi connectivity index (χ1v) is 12.7. The van der Waals surface area contributed by atoms with Gasteiger partial charge in [0.1, 0.15) is 4.32 Å². The second kappa shape index (κ2) is 23.0. The monoisotopic (exact) mass is 431 g/mol. The van der Waals surface area contributed by atoms with Gasteiger partial charge in [0.05, 0.1) is 0 Å². The Kier molecular flexibility index (Phi) is 22.8. The van der Waals surface area contributed by atoms with E-state index >= 15 is 0 Å². The van der Waals surface area contributed by atoms with Crippen molar-refractivity contribution in [2.24, 2.45) is 0 Å². The maximum Gasteiger partial charge on any atom is 0.303 e. The van der Waals surface area contributed by atoms with E-state index in [1.807, 2.05) is 0 Å². The molecule has 0 rings (SSSR count). The van der Waals surface area contributed by atoms with Crippen LogP contribution in [0.2, 0.25) is 0 Å². The molecule has 0 amide bonds. The van der Waals surface area contributed by atoms with Crippen LogP contribution in [-0.4, -0.2) is 21.9 Å². The largest absolute Gasteiger partial charge is 0.481 e. The molecule has 0 unspecified atom stereocenters. The molecule has 0 aliphatic carbocycles. The van der Waals surface area contributed by atoms with Crippen LogP contribution in [0, 0.1) is 0 Å². The molecule has 0 spiro atoms. The van der Waals surface area contributed by atoms with E-state index in [9.17, 15) is 4.79 Å². The zero-order chi connectivity index (χ0) is 20.7. The molecule has 0 atom stereocenters. The van der Waals surface area contributed by atoms with Gasteiger partial charge in [0.25, 0.3) is 0 Å². The van der Waals surface area contributed by atoms with Gasteiger partial charge in [0.2, 0.25) is 0 Å². The van der Waals surface area contributed by atoms with E-state index in [1.165, 1.54) is 109 Å². The number of thiocarbonyl (C=S) groups is 1. The summed E-state index contributed by atoms with van der Waals surface area (Å²) in [7, 11) is 0. The van der Waals surface area contributed by atoms with Crippen LogP contribution in [0.25, 0.3) is 0 Å². The number of hydrogen-bond acceptors (Lipinski definition) is 2. The molecule has 0 saturated carbocycles. The van der Waals surface area contributed by atoms with E-state index in [0.717, 1.165) is 19.4 Å². The molecule has 0 fully saturated rings. The lowest BCUT2D eigenvalue weighted by Crippen LogP contribution is -2.17. The van der Waals surface area contributed by atoms with Crippen LogP contribution < -0.4 is 5.32 Å². The molecular formula is C23H45NO2S2. The van der Waals surface area contributed by atoms with Crippen LogP contribution in [0.5, 0.6) is 0 Å². The Morgan fingerprint density at radius 1 is 0.607 bits per heavy atom. The van der Waals surface area contributed by atoms with E-state index < -0.39 is 5.97 Å². The van der Waals surface area contributed by atoms with Crippen molar-refractivity contribution in [2.75, 3.05) is 6.54 Å². The van der Waals surface area contributed by atoms with Crippen LogP contribution in [0.15, 0.2) is 0 Å². The number of carbonyl (C=O) groups is 1. The fraction of sp³-hybridized carbons (Fsp3) is 0.913. The van der Waals surface area contributed by atoms with Gasteiger partial charge < -0.3 is 10.4 Å². The van der Waals surface area contributed by atoms with Crippen molar-refractivity contribution >= 4 is 35.1 Å². The maximum atomic E-state index is 10.4. The van der Waals surface area contributed by atoms with Gasteiger partial charge in [-0.2, -0.15) is 0 Å². The third kappa shape index (κ3) is 25.7. The third-order valence-corrected chi connectivity index (χ3v) is 5.65. The molecule has 0 aliphatic heterocycles. The summed E-state index contributed by atoms with van der Waals surface area (Å²) in [5.41, 5.74) is 0. The molecule has 0 aromatic rings. The van der Waals surface area contributed by atoms with Crippen LogP contribution in [0.3, 0.4) is 0 Å². The van der Waals surface area contributed by atoms with Gasteiger partial charge >= 0.3 is 5.97 Å². The number of carboxylic acids is 1. The van der Waals surface area contributed by atoms with Crippen LogP contribution >= 0.6 is 24.8 Å². The highest BCUT2D eigenvalue weighted by Gasteiger charge is 1.97. The van der Waals surface area contributed by atoms with Gasteiger partial charge in [-0.3, -0.25) is 4.79 Å². The van der Waals surface area contributed by atoms with E-state index in [4.69, 9.17) is 17.3 Å². The summed E-state index contributed by atoms with van der Waals surface area (Å²) >= 11 is 8.92. The quantitative estimate of drug-likeness (QED) is 0.0934. The zero-order valence-electron chi connectivity index (χ0n) is 18.1. The smallest absolute Gasteiger partial charge is 0.303 e. The lowest BCUT2D eigenvalue weighted by Gasteiger charge is -2.04. The second-order valence-corrected chi connectivity index (χ2v) is 9.25. The molecule has 2 N–H and O–H groups in total. The summed E-state index contributed by atoms with van der Waals surface area (Å²) < 4.78 is 0.613. The first-order valence-electron chi connectivity index (χ1n) is 11.8. The third-order valence-electron chi connectivity index (χ3n) is 5.34. The Labute approximate surface area is 185 Å². The molecule has 0 saturated heterocycles. The number of unbranched alkanes of at least 4 members (excludes halogenated alkanes) is 18. The van der Waals surface area contributed by atoms with E-state index in [1.54, 1.807) is 0 Å². The minimum atomic E-state index is -0.657. The van der Waals surface area contributed by atoms with Crippen molar-refractivity contribution in [3.05, 3.63) is 0 Å². The van der Waals surface area contributed by atoms with Crippen LogP contribution in [-0.2, 0) is 4.79 Å².